The number of hydrogen-bond donors (Lipinski definition) is 0. The first kappa shape index (κ1) is 22.6. The number of carbonyl (C=O) groups is 1. The molecule has 0 saturated carbocycles. The van der Waals surface area contributed by atoms with Crippen molar-refractivity contribution < 1.29 is 4.79 Å². The van der Waals surface area contributed by atoms with Crippen molar-refractivity contribution >= 4 is 27.6 Å². The van der Waals surface area contributed by atoms with Crippen LogP contribution >= 0.6 is 0 Å². The fraction of sp³-hybridized carbons (Fsp3) is 0.290. The minimum atomic E-state index is -0.0496. The molecule has 3 heterocycles. The molecular weight excluding hydrogens is 444 g/mol. The van der Waals surface area contributed by atoms with Gasteiger partial charge in [0, 0.05) is 54.4 Å². The van der Waals surface area contributed by atoms with Crippen LogP contribution in [0, 0.1) is 6.92 Å². The van der Waals surface area contributed by atoms with E-state index in [4.69, 9.17) is 5.10 Å². The molecule has 0 saturated heterocycles. The van der Waals surface area contributed by atoms with E-state index in [0.29, 0.717) is 6.54 Å². The Hall–Kier alpha value is -3.86. The van der Waals surface area contributed by atoms with Gasteiger partial charge in [0.05, 0.1) is 17.3 Å². The molecule has 1 atom stereocenters. The summed E-state index contributed by atoms with van der Waals surface area (Å²) in [4.78, 5) is 16.3. The van der Waals surface area contributed by atoms with Gasteiger partial charge in [-0.2, -0.15) is 5.10 Å². The van der Waals surface area contributed by atoms with Crippen molar-refractivity contribution in [3.63, 3.8) is 0 Å². The van der Waals surface area contributed by atoms with Crippen LogP contribution in [0.2, 0.25) is 0 Å². The summed E-state index contributed by atoms with van der Waals surface area (Å²) in [6.45, 7) is 8.73. The third-order valence-corrected chi connectivity index (χ3v) is 7.74. The Morgan fingerprint density at radius 2 is 1.75 bits per heavy atom. The molecule has 6 rings (SSSR count). The van der Waals surface area contributed by atoms with Gasteiger partial charge in [0.15, 0.2) is 0 Å². The minimum absolute atomic E-state index is 0.0496. The molecule has 2 aromatic heterocycles. The lowest BCUT2D eigenvalue weighted by atomic mass is 9.90. The zero-order valence-corrected chi connectivity index (χ0v) is 21.2. The maximum Gasteiger partial charge on any atom is 0.256 e. The van der Waals surface area contributed by atoms with E-state index in [0.717, 1.165) is 48.1 Å². The third kappa shape index (κ3) is 3.62. The minimum Gasteiger partial charge on any atom is -0.347 e. The normalized spacial score (nSPS) is 15.5. The smallest absolute Gasteiger partial charge is 0.256 e. The maximum atomic E-state index is 14.2. The summed E-state index contributed by atoms with van der Waals surface area (Å²) in [7, 11) is 0. The molecular formula is C31H32N4O. The lowest BCUT2D eigenvalue weighted by Gasteiger charge is -2.36. The number of amides is 1. The summed E-state index contributed by atoms with van der Waals surface area (Å²) in [6, 6.07) is 23.3. The van der Waals surface area contributed by atoms with E-state index < -0.39 is 0 Å². The molecule has 182 valence electrons. The van der Waals surface area contributed by atoms with Gasteiger partial charge in [-0.1, -0.05) is 60.7 Å². The molecule has 0 N–H and O–H groups in total. The number of carbonyl (C=O) groups excluding carboxylic acids is 1. The van der Waals surface area contributed by atoms with Gasteiger partial charge in [-0.05, 0) is 49.6 Å². The average molecular weight is 477 g/mol. The topological polar surface area (TPSA) is 43.1 Å². The number of aryl methyl sites for hydroxylation is 3. The molecule has 0 radical (unpaired) electrons. The second kappa shape index (κ2) is 8.98. The van der Waals surface area contributed by atoms with Crippen LogP contribution in [-0.4, -0.2) is 31.7 Å². The lowest BCUT2D eigenvalue weighted by Crippen LogP contribution is -2.41. The van der Waals surface area contributed by atoms with E-state index in [1.54, 1.807) is 0 Å². The molecule has 5 aromatic rings. The molecule has 3 aromatic carbocycles. The molecule has 0 spiro atoms. The highest BCUT2D eigenvalue weighted by molar-refractivity contribution is 6.07. The van der Waals surface area contributed by atoms with Crippen molar-refractivity contribution in [1.82, 2.24) is 19.2 Å². The Labute approximate surface area is 212 Å². The second-order valence-corrected chi connectivity index (χ2v) is 9.76. The lowest BCUT2D eigenvalue weighted by molar-refractivity contribution is 0.0659. The Morgan fingerprint density at radius 1 is 0.972 bits per heavy atom. The highest BCUT2D eigenvalue weighted by Gasteiger charge is 2.36. The third-order valence-electron chi connectivity index (χ3n) is 7.74. The van der Waals surface area contributed by atoms with Crippen molar-refractivity contribution in [3.05, 3.63) is 101 Å². The molecule has 0 aliphatic carbocycles. The van der Waals surface area contributed by atoms with E-state index in [9.17, 15) is 4.79 Å². The second-order valence-electron chi connectivity index (χ2n) is 9.76. The molecule has 0 fully saturated rings. The van der Waals surface area contributed by atoms with Crippen LogP contribution in [0.5, 0.6) is 0 Å². The van der Waals surface area contributed by atoms with Gasteiger partial charge in [-0.3, -0.25) is 9.48 Å². The first-order chi connectivity index (χ1) is 17.6. The Morgan fingerprint density at radius 3 is 2.56 bits per heavy atom. The predicted molar refractivity (Wildman–Crippen MR) is 145 cm³/mol. The molecule has 0 bridgehead atoms. The van der Waals surface area contributed by atoms with Gasteiger partial charge in [0.2, 0.25) is 0 Å². The van der Waals surface area contributed by atoms with Crippen LogP contribution in [0.1, 0.15) is 52.8 Å². The summed E-state index contributed by atoms with van der Waals surface area (Å²) in [5.41, 5.74) is 6.68. The van der Waals surface area contributed by atoms with Crippen LogP contribution < -0.4 is 0 Å². The molecule has 36 heavy (non-hydrogen) atoms. The fourth-order valence-electron chi connectivity index (χ4n) is 6.02. The summed E-state index contributed by atoms with van der Waals surface area (Å²) in [6.07, 6.45) is 3.64. The molecule has 1 aliphatic heterocycles. The average Bonchev–Trinajstić information content (AvgIpc) is 3.46. The van der Waals surface area contributed by atoms with E-state index in [2.05, 4.69) is 89.5 Å². The van der Waals surface area contributed by atoms with Crippen molar-refractivity contribution in [3.8, 4) is 0 Å². The highest BCUT2D eigenvalue weighted by Crippen LogP contribution is 2.37. The zero-order valence-electron chi connectivity index (χ0n) is 21.2. The van der Waals surface area contributed by atoms with Gasteiger partial charge in [-0.15, -0.1) is 0 Å². The Bertz CT molecular complexity index is 1590. The zero-order chi connectivity index (χ0) is 24.8. The molecule has 1 aliphatic rings. The SMILES string of the molecule is CCn1nc(C)c2c1CCN(C(=O)c1cn(CC)c3ccccc13)C2Cc1ccc2ccccc2c1. The van der Waals surface area contributed by atoms with E-state index >= 15 is 0 Å². The number of nitrogens with zero attached hydrogens (tertiary/aromatic N) is 4. The first-order valence-electron chi connectivity index (χ1n) is 13.0. The van der Waals surface area contributed by atoms with Crippen LogP contribution in [0.15, 0.2) is 72.9 Å². The van der Waals surface area contributed by atoms with Crippen LogP contribution in [0.4, 0.5) is 0 Å². The Balaban J connectivity index is 1.45. The summed E-state index contributed by atoms with van der Waals surface area (Å²) < 4.78 is 4.31. The first-order valence-corrected chi connectivity index (χ1v) is 13.0. The van der Waals surface area contributed by atoms with E-state index in [-0.39, 0.29) is 11.9 Å². The van der Waals surface area contributed by atoms with Crippen LogP contribution in [0.3, 0.4) is 0 Å². The van der Waals surface area contributed by atoms with E-state index in [1.165, 1.54) is 27.6 Å². The van der Waals surface area contributed by atoms with Crippen molar-refractivity contribution in [2.75, 3.05) is 6.54 Å². The summed E-state index contributed by atoms with van der Waals surface area (Å²) >= 11 is 0. The number of rotatable bonds is 5. The largest absolute Gasteiger partial charge is 0.347 e. The number of aromatic nitrogens is 3. The number of para-hydroxylation sites is 1. The Kier molecular flexibility index (Phi) is 5.63. The number of fused-ring (bicyclic) bond motifs is 3. The monoisotopic (exact) mass is 476 g/mol. The van der Waals surface area contributed by atoms with Gasteiger partial charge in [0.1, 0.15) is 0 Å². The maximum absolute atomic E-state index is 14.2. The van der Waals surface area contributed by atoms with Gasteiger partial charge < -0.3 is 9.47 Å². The van der Waals surface area contributed by atoms with Crippen molar-refractivity contribution in [2.45, 2.75) is 52.7 Å². The number of hydrogen-bond acceptors (Lipinski definition) is 2. The standard InChI is InChI=1S/C31H32N4O/c1-4-33-20-26(25-12-8-9-13-27(25)33)31(36)34-17-16-28-30(21(3)32-35(28)5-2)29(34)19-22-14-15-23-10-6-7-11-24(23)18-22/h6-15,18,20,29H,4-5,16-17,19H2,1-3H3. The molecule has 5 heteroatoms. The molecule has 1 amide bonds. The molecule has 1 unspecified atom stereocenters. The van der Waals surface area contributed by atoms with Crippen molar-refractivity contribution in [2.24, 2.45) is 0 Å². The summed E-state index contributed by atoms with van der Waals surface area (Å²) in [5.74, 6) is 0.110. The van der Waals surface area contributed by atoms with Gasteiger partial charge >= 0.3 is 0 Å². The quantitative estimate of drug-likeness (QED) is 0.298. The van der Waals surface area contributed by atoms with Crippen LogP contribution in [0.25, 0.3) is 21.7 Å². The fourth-order valence-corrected chi connectivity index (χ4v) is 6.02. The highest BCUT2D eigenvalue weighted by atomic mass is 16.2. The molecule has 5 nitrogen and oxygen atoms in total. The van der Waals surface area contributed by atoms with E-state index in [1.807, 2.05) is 18.3 Å². The van der Waals surface area contributed by atoms with Crippen molar-refractivity contribution in [1.29, 1.82) is 0 Å². The number of benzene rings is 3. The van der Waals surface area contributed by atoms with Gasteiger partial charge in [0.25, 0.3) is 5.91 Å². The van der Waals surface area contributed by atoms with Crippen LogP contribution in [-0.2, 0) is 25.9 Å². The predicted octanol–water partition coefficient (Wildman–Crippen LogP) is 6.32. The summed E-state index contributed by atoms with van der Waals surface area (Å²) in [5, 5.41) is 8.36. The van der Waals surface area contributed by atoms with Gasteiger partial charge in [-0.25, -0.2) is 0 Å².